The van der Waals surface area contributed by atoms with Crippen molar-refractivity contribution in [3.05, 3.63) is 118 Å². The van der Waals surface area contributed by atoms with Gasteiger partial charge in [0.05, 0.1) is 28.0 Å². The summed E-state index contributed by atoms with van der Waals surface area (Å²) in [7, 11) is 0. The fourth-order valence-corrected chi connectivity index (χ4v) is 5.84. The number of pyridine rings is 3. The van der Waals surface area contributed by atoms with Crippen LogP contribution in [0.2, 0.25) is 5.02 Å². The Kier molecular flexibility index (Phi) is 8.24. The Balaban J connectivity index is 1.21. The molecule has 1 amide bonds. The van der Waals surface area contributed by atoms with E-state index in [0.29, 0.717) is 41.5 Å². The second-order valence-corrected chi connectivity index (χ2v) is 11.2. The number of hydrogen-bond acceptors (Lipinski definition) is 7. The van der Waals surface area contributed by atoms with Gasteiger partial charge in [0.1, 0.15) is 5.69 Å². The number of likely N-dealkylation sites (tertiary alicyclic amines) is 1. The highest BCUT2D eigenvalue weighted by Gasteiger charge is 2.21. The highest BCUT2D eigenvalue weighted by molar-refractivity contribution is 6.36. The molecule has 1 saturated heterocycles. The summed E-state index contributed by atoms with van der Waals surface area (Å²) in [6.45, 7) is 4.23. The van der Waals surface area contributed by atoms with Gasteiger partial charge in [-0.2, -0.15) is 0 Å². The van der Waals surface area contributed by atoms with Gasteiger partial charge in [0.2, 0.25) is 0 Å². The molecule has 9 heteroatoms. The third-order valence-electron chi connectivity index (χ3n) is 7.88. The van der Waals surface area contributed by atoms with E-state index < -0.39 is 0 Å². The van der Waals surface area contributed by atoms with Crippen molar-refractivity contribution in [2.45, 2.75) is 32.4 Å². The lowest BCUT2D eigenvalue weighted by Gasteiger charge is -2.16. The first kappa shape index (κ1) is 28.6. The van der Waals surface area contributed by atoms with Crippen LogP contribution in [-0.4, -0.2) is 56.3 Å². The minimum Gasteiger partial charge on any atom is -0.392 e. The number of halogens is 1. The summed E-state index contributed by atoms with van der Waals surface area (Å²) >= 11 is 6.89. The standard InChI is InChI=1S/C34H30ClN5O3/c1-21-24(15-31-33-25(10-12-36-31)14-23(20-41)17-38-33)4-2-5-27(21)28-6-3-7-29(32(28)35)39-34(43)30-9-8-22(16-37-30)18-40-13-11-26(42)19-40/h2-10,12,14,16-17,20,26,42H,11,13,15,18-19H2,1H3,(H,39,43)/t26-/m1/s1. The predicted octanol–water partition coefficient (Wildman–Crippen LogP) is 5.88. The number of hydrogen-bond donors (Lipinski definition) is 2. The van der Waals surface area contributed by atoms with E-state index in [4.69, 9.17) is 11.6 Å². The van der Waals surface area contributed by atoms with Gasteiger partial charge in [0, 0.05) is 61.2 Å². The molecule has 0 saturated carbocycles. The van der Waals surface area contributed by atoms with E-state index in [-0.39, 0.29) is 12.0 Å². The molecule has 1 atom stereocenters. The minimum absolute atomic E-state index is 0.276. The summed E-state index contributed by atoms with van der Waals surface area (Å²) in [5.74, 6) is -0.347. The number of carbonyl (C=O) groups is 2. The van der Waals surface area contributed by atoms with Gasteiger partial charge in [-0.05, 0) is 59.9 Å². The molecule has 2 aromatic carbocycles. The molecule has 0 bridgehead atoms. The van der Waals surface area contributed by atoms with Crippen LogP contribution in [-0.2, 0) is 13.0 Å². The lowest BCUT2D eigenvalue weighted by molar-refractivity contribution is 0.102. The first-order chi connectivity index (χ1) is 20.9. The summed E-state index contributed by atoms with van der Waals surface area (Å²) < 4.78 is 0. The summed E-state index contributed by atoms with van der Waals surface area (Å²) in [5.41, 5.74) is 7.74. The molecule has 5 aromatic rings. The maximum atomic E-state index is 13.1. The zero-order chi connectivity index (χ0) is 29.9. The van der Waals surface area contributed by atoms with Crippen LogP contribution < -0.4 is 5.32 Å². The van der Waals surface area contributed by atoms with Crippen molar-refractivity contribution >= 4 is 40.4 Å². The van der Waals surface area contributed by atoms with E-state index in [2.05, 4.69) is 31.2 Å². The van der Waals surface area contributed by atoms with Crippen molar-refractivity contribution in [1.82, 2.24) is 19.9 Å². The van der Waals surface area contributed by atoms with Gasteiger partial charge in [0.15, 0.2) is 6.29 Å². The summed E-state index contributed by atoms with van der Waals surface area (Å²) in [5, 5.41) is 14.0. The van der Waals surface area contributed by atoms with Crippen LogP contribution in [0, 0.1) is 6.92 Å². The number of aldehydes is 1. The van der Waals surface area contributed by atoms with Gasteiger partial charge < -0.3 is 10.4 Å². The van der Waals surface area contributed by atoms with Gasteiger partial charge in [-0.3, -0.25) is 29.4 Å². The van der Waals surface area contributed by atoms with E-state index in [0.717, 1.165) is 63.7 Å². The van der Waals surface area contributed by atoms with Gasteiger partial charge in [-0.15, -0.1) is 0 Å². The molecule has 1 aliphatic heterocycles. The molecule has 1 aliphatic rings. The molecule has 216 valence electrons. The largest absolute Gasteiger partial charge is 0.392 e. The molecule has 2 N–H and O–H groups in total. The van der Waals surface area contributed by atoms with Crippen LogP contribution in [0.15, 0.2) is 79.3 Å². The Morgan fingerprint density at radius 2 is 1.91 bits per heavy atom. The lowest BCUT2D eigenvalue weighted by atomic mass is 9.93. The van der Waals surface area contributed by atoms with E-state index in [1.54, 1.807) is 30.7 Å². The van der Waals surface area contributed by atoms with Crippen LogP contribution in [0.1, 0.15) is 49.7 Å². The van der Waals surface area contributed by atoms with Crippen molar-refractivity contribution in [2.24, 2.45) is 0 Å². The zero-order valence-electron chi connectivity index (χ0n) is 23.6. The predicted molar refractivity (Wildman–Crippen MR) is 167 cm³/mol. The Hall–Kier alpha value is -4.50. The number of rotatable bonds is 8. The number of nitrogens with one attached hydrogen (secondary N) is 1. The normalized spacial score (nSPS) is 15.1. The Morgan fingerprint density at radius 3 is 2.67 bits per heavy atom. The SMILES string of the molecule is Cc1c(Cc2nccc3cc(C=O)cnc23)cccc1-c1cccc(NC(=O)c2ccc(CN3CC[C@@H](O)C3)cn2)c1Cl. The molecule has 6 rings (SSSR count). The lowest BCUT2D eigenvalue weighted by Crippen LogP contribution is -2.21. The Bertz CT molecular complexity index is 1830. The number of benzene rings is 2. The third kappa shape index (κ3) is 6.17. The molecular formula is C34H30ClN5O3. The number of fused-ring (bicyclic) bond motifs is 1. The topological polar surface area (TPSA) is 108 Å². The molecule has 0 radical (unpaired) electrons. The van der Waals surface area contributed by atoms with Crippen LogP contribution in [0.3, 0.4) is 0 Å². The number of anilines is 1. The van der Waals surface area contributed by atoms with E-state index in [9.17, 15) is 14.7 Å². The van der Waals surface area contributed by atoms with Gasteiger partial charge >= 0.3 is 0 Å². The minimum atomic E-state index is -0.347. The van der Waals surface area contributed by atoms with Crippen molar-refractivity contribution < 1.29 is 14.7 Å². The molecule has 1 fully saturated rings. The number of aliphatic hydroxyl groups is 1. The Morgan fingerprint density at radius 1 is 1.07 bits per heavy atom. The quantitative estimate of drug-likeness (QED) is 0.217. The van der Waals surface area contributed by atoms with Gasteiger partial charge in [-0.1, -0.05) is 48.0 Å². The number of β-amino-alcohol motifs (C(OH)–C–C–N with tert-alkyl or cyclic N) is 1. The highest BCUT2D eigenvalue weighted by atomic mass is 35.5. The van der Waals surface area contributed by atoms with Crippen LogP contribution in [0.5, 0.6) is 0 Å². The van der Waals surface area contributed by atoms with E-state index >= 15 is 0 Å². The summed E-state index contributed by atoms with van der Waals surface area (Å²) in [6, 6.07) is 18.9. The zero-order valence-corrected chi connectivity index (χ0v) is 24.4. The molecule has 0 aliphatic carbocycles. The second-order valence-electron chi connectivity index (χ2n) is 10.8. The first-order valence-corrected chi connectivity index (χ1v) is 14.5. The molecule has 8 nitrogen and oxygen atoms in total. The maximum absolute atomic E-state index is 13.1. The first-order valence-electron chi connectivity index (χ1n) is 14.1. The Labute approximate surface area is 254 Å². The van der Waals surface area contributed by atoms with E-state index in [1.807, 2.05) is 49.4 Å². The molecule has 0 unspecified atom stereocenters. The average molecular weight is 592 g/mol. The smallest absolute Gasteiger partial charge is 0.274 e. The summed E-state index contributed by atoms with van der Waals surface area (Å²) in [4.78, 5) is 39.9. The van der Waals surface area contributed by atoms with Crippen LogP contribution in [0.4, 0.5) is 5.69 Å². The molecule has 0 spiro atoms. The number of amides is 1. The van der Waals surface area contributed by atoms with Crippen LogP contribution in [0.25, 0.3) is 22.0 Å². The molecule has 3 aromatic heterocycles. The van der Waals surface area contributed by atoms with Gasteiger partial charge in [-0.25, -0.2) is 0 Å². The second kappa shape index (κ2) is 12.4. The van der Waals surface area contributed by atoms with Gasteiger partial charge in [0.25, 0.3) is 5.91 Å². The van der Waals surface area contributed by atoms with Crippen LogP contribution >= 0.6 is 11.6 Å². The fraction of sp³-hybridized carbons (Fsp3) is 0.206. The number of aliphatic hydroxyl groups excluding tert-OH is 1. The fourth-order valence-electron chi connectivity index (χ4n) is 5.57. The van der Waals surface area contributed by atoms with Crippen molar-refractivity contribution in [1.29, 1.82) is 0 Å². The molecule has 43 heavy (non-hydrogen) atoms. The molecular weight excluding hydrogens is 562 g/mol. The maximum Gasteiger partial charge on any atom is 0.274 e. The number of carbonyl (C=O) groups excluding carboxylic acids is 2. The third-order valence-corrected chi connectivity index (χ3v) is 8.29. The highest BCUT2D eigenvalue weighted by Crippen LogP contribution is 2.37. The summed E-state index contributed by atoms with van der Waals surface area (Å²) in [6.07, 6.45) is 6.84. The number of nitrogens with zero attached hydrogens (tertiary/aromatic N) is 4. The van der Waals surface area contributed by atoms with Crippen molar-refractivity contribution in [2.75, 3.05) is 18.4 Å². The monoisotopic (exact) mass is 591 g/mol. The molecule has 4 heterocycles. The average Bonchev–Trinajstić information content (AvgIpc) is 3.43. The number of aromatic nitrogens is 3. The van der Waals surface area contributed by atoms with Crippen molar-refractivity contribution in [3.63, 3.8) is 0 Å². The van der Waals surface area contributed by atoms with E-state index in [1.165, 1.54) is 0 Å². The van der Waals surface area contributed by atoms with Crippen molar-refractivity contribution in [3.8, 4) is 11.1 Å².